The van der Waals surface area contributed by atoms with Gasteiger partial charge in [0.15, 0.2) is 0 Å². The highest BCUT2D eigenvalue weighted by atomic mass is 16.5. The van der Waals surface area contributed by atoms with Gasteiger partial charge in [-0.15, -0.1) is 0 Å². The SMILES string of the molecule is CCCOc1cccc(/C(O)=C2/C(=O)C(=O)N(CCCOC)C2c2cccc(OCc3ccccc3)c2)c1. The monoisotopic (exact) mass is 515 g/mol. The van der Waals surface area contributed by atoms with Crippen LogP contribution >= 0.6 is 0 Å². The van der Waals surface area contributed by atoms with Gasteiger partial charge in [0.1, 0.15) is 23.9 Å². The zero-order valence-corrected chi connectivity index (χ0v) is 21.8. The van der Waals surface area contributed by atoms with Crippen LogP contribution in [-0.2, 0) is 20.9 Å². The van der Waals surface area contributed by atoms with Crippen LogP contribution in [0, 0.1) is 0 Å². The van der Waals surface area contributed by atoms with Crippen LogP contribution in [0.3, 0.4) is 0 Å². The van der Waals surface area contributed by atoms with Crippen molar-refractivity contribution in [3.8, 4) is 11.5 Å². The Kier molecular flexibility index (Phi) is 9.16. The van der Waals surface area contributed by atoms with Crippen LogP contribution in [0.1, 0.15) is 42.5 Å². The Morgan fingerprint density at radius 2 is 1.63 bits per heavy atom. The number of hydrogen-bond acceptors (Lipinski definition) is 6. The molecule has 1 saturated heterocycles. The zero-order chi connectivity index (χ0) is 26.9. The summed E-state index contributed by atoms with van der Waals surface area (Å²) in [5, 5.41) is 11.4. The number of aliphatic hydroxyl groups is 1. The van der Waals surface area contributed by atoms with Gasteiger partial charge in [-0.2, -0.15) is 0 Å². The molecule has 1 amide bonds. The lowest BCUT2D eigenvalue weighted by molar-refractivity contribution is -0.140. The second-order valence-corrected chi connectivity index (χ2v) is 9.06. The Hall–Kier alpha value is -4.10. The van der Waals surface area contributed by atoms with E-state index in [0.29, 0.717) is 55.4 Å². The fraction of sp³-hybridized carbons (Fsp3) is 0.290. The first-order chi connectivity index (χ1) is 18.5. The van der Waals surface area contributed by atoms with Gasteiger partial charge in [0.05, 0.1) is 18.2 Å². The minimum Gasteiger partial charge on any atom is -0.507 e. The number of hydrogen-bond donors (Lipinski definition) is 1. The van der Waals surface area contributed by atoms with E-state index < -0.39 is 17.7 Å². The van der Waals surface area contributed by atoms with E-state index in [4.69, 9.17) is 14.2 Å². The molecule has 0 spiro atoms. The molecular formula is C31H33NO6. The number of carbonyl (C=O) groups excluding carboxylic acids is 2. The first-order valence-electron chi connectivity index (χ1n) is 12.8. The van der Waals surface area contributed by atoms with Crippen LogP contribution in [0.25, 0.3) is 5.76 Å². The number of aliphatic hydroxyl groups excluding tert-OH is 1. The van der Waals surface area contributed by atoms with Crippen LogP contribution in [0.5, 0.6) is 11.5 Å². The van der Waals surface area contributed by atoms with Crippen LogP contribution in [0.4, 0.5) is 0 Å². The van der Waals surface area contributed by atoms with Crippen molar-refractivity contribution in [1.29, 1.82) is 0 Å². The molecule has 3 aromatic rings. The molecular weight excluding hydrogens is 482 g/mol. The van der Waals surface area contributed by atoms with E-state index >= 15 is 0 Å². The van der Waals surface area contributed by atoms with Gasteiger partial charge in [-0.3, -0.25) is 9.59 Å². The molecule has 1 atom stereocenters. The van der Waals surface area contributed by atoms with Gasteiger partial charge in [0.25, 0.3) is 11.7 Å². The van der Waals surface area contributed by atoms with E-state index in [9.17, 15) is 14.7 Å². The molecule has 38 heavy (non-hydrogen) atoms. The smallest absolute Gasteiger partial charge is 0.295 e. The summed E-state index contributed by atoms with van der Waals surface area (Å²) in [7, 11) is 1.59. The number of nitrogens with zero attached hydrogens (tertiary/aromatic N) is 1. The molecule has 7 heteroatoms. The van der Waals surface area contributed by atoms with Gasteiger partial charge in [0, 0.05) is 25.8 Å². The maximum atomic E-state index is 13.3. The summed E-state index contributed by atoms with van der Waals surface area (Å²) < 4.78 is 16.9. The van der Waals surface area contributed by atoms with Crippen molar-refractivity contribution in [2.75, 3.05) is 26.9 Å². The number of benzene rings is 3. The molecule has 198 valence electrons. The lowest BCUT2D eigenvalue weighted by Crippen LogP contribution is -2.31. The Balaban J connectivity index is 1.72. The minimum atomic E-state index is -0.771. The summed E-state index contributed by atoms with van der Waals surface area (Å²) in [5.41, 5.74) is 2.15. The highest BCUT2D eigenvalue weighted by molar-refractivity contribution is 6.46. The number of methoxy groups -OCH3 is 1. The number of ketones is 1. The number of Topliss-reactive ketones (excluding diaryl/α,β-unsaturated/α-hetero) is 1. The molecule has 0 aliphatic carbocycles. The normalized spacial score (nSPS) is 16.6. The molecule has 1 heterocycles. The third-order valence-electron chi connectivity index (χ3n) is 6.29. The molecule has 1 N–H and O–H groups in total. The Morgan fingerprint density at radius 3 is 2.37 bits per heavy atom. The van der Waals surface area contributed by atoms with Gasteiger partial charge in [-0.05, 0) is 48.2 Å². The first-order valence-corrected chi connectivity index (χ1v) is 12.8. The summed E-state index contributed by atoms with van der Waals surface area (Å²) >= 11 is 0. The molecule has 1 fully saturated rings. The molecule has 1 unspecified atom stereocenters. The van der Waals surface area contributed by atoms with Crippen LogP contribution < -0.4 is 9.47 Å². The second kappa shape index (κ2) is 12.9. The van der Waals surface area contributed by atoms with Gasteiger partial charge >= 0.3 is 0 Å². The van der Waals surface area contributed by atoms with Gasteiger partial charge in [-0.1, -0.05) is 61.5 Å². The lowest BCUT2D eigenvalue weighted by atomic mass is 9.95. The van der Waals surface area contributed by atoms with E-state index in [2.05, 4.69) is 0 Å². The molecule has 1 aliphatic rings. The van der Waals surface area contributed by atoms with Crippen molar-refractivity contribution in [1.82, 2.24) is 4.90 Å². The number of rotatable bonds is 12. The highest BCUT2D eigenvalue weighted by Crippen LogP contribution is 2.40. The molecule has 0 saturated carbocycles. The van der Waals surface area contributed by atoms with Crippen molar-refractivity contribution in [2.45, 2.75) is 32.4 Å². The maximum Gasteiger partial charge on any atom is 0.295 e. The summed E-state index contributed by atoms with van der Waals surface area (Å²) in [6.07, 6.45) is 1.39. The molecule has 0 bridgehead atoms. The van der Waals surface area contributed by atoms with E-state index in [1.165, 1.54) is 4.90 Å². The molecule has 0 radical (unpaired) electrons. The fourth-order valence-electron chi connectivity index (χ4n) is 4.46. The average molecular weight is 516 g/mol. The number of likely N-dealkylation sites (tertiary alicyclic amines) is 1. The quantitative estimate of drug-likeness (QED) is 0.148. The first kappa shape index (κ1) is 26.9. The summed E-state index contributed by atoms with van der Waals surface area (Å²) in [6, 6.07) is 23.3. The summed E-state index contributed by atoms with van der Waals surface area (Å²) in [4.78, 5) is 28.0. The fourth-order valence-corrected chi connectivity index (χ4v) is 4.46. The molecule has 1 aliphatic heterocycles. The van der Waals surface area contributed by atoms with E-state index in [1.807, 2.05) is 61.5 Å². The highest BCUT2D eigenvalue weighted by Gasteiger charge is 2.45. The standard InChI is InChI=1S/C31H33NO6/c1-3-17-37-25-14-8-13-24(20-25)29(33)27-28(32(16-9-18-36-2)31(35)30(27)34)23-12-7-15-26(19-23)38-21-22-10-5-4-6-11-22/h4-8,10-15,19-20,28,33H,3,9,16-18,21H2,1-2H3/b29-27-. The Labute approximate surface area is 223 Å². The van der Waals surface area contributed by atoms with E-state index in [1.54, 1.807) is 31.4 Å². The van der Waals surface area contributed by atoms with Crippen molar-refractivity contribution in [2.24, 2.45) is 0 Å². The number of amides is 1. The Bertz CT molecular complexity index is 1290. The van der Waals surface area contributed by atoms with E-state index in [-0.39, 0.29) is 11.3 Å². The van der Waals surface area contributed by atoms with Crippen molar-refractivity contribution >= 4 is 17.4 Å². The maximum absolute atomic E-state index is 13.3. The lowest BCUT2D eigenvalue weighted by Gasteiger charge is -2.25. The van der Waals surface area contributed by atoms with Crippen LogP contribution in [0.15, 0.2) is 84.4 Å². The molecule has 3 aromatic carbocycles. The van der Waals surface area contributed by atoms with Crippen molar-refractivity contribution in [3.63, 3.8) is 0 Å². The van der Waals surface area contributed by atoms with Crippen molar-refractivity contribution in [3.05, 3.63) is 101 Å². The topological polar surface area (TPSA) is 85.3 Å². The second-order valence-electron chi connectivity index (χ2n) is 9.06. The van der Waals surface area contributed by atoms with Crippen LogP contribution in [0.2, 0.25) is 0 Å². The number of ether oxygens (including phenoxy) is 3. The van der Waals surface area contributed by atoms with Gasteiger partial charge in [-0.25, -0.2) is 0 Å². The number of carbonyl (C=O) groups is 2. The molecule has 4 rings (SSSR count). The largest absolute Gasteiger partial charge is 0.507 e. The predicted octanol–water partition coefficient (Wildman–Crippen LogP) is 5.51. The van der Waals surface area contributed by atoms with Crippen LogP contribution in [-0.4, -0.2) is 48.6 Å². The molecule has 0 aromatic heterocycles. The van der Waals surface area contributed by atoms with Gasteiger partial charge < -0.3 is 24.2 Å². The van der Waals surface area contributed by atoms with Crippen molar-refractivity contribution < 1.29 is 28.9 Å². The zero-order valence-electron chi connectivity index (χ0n) is 21.8. The predicted molar refractivity (Wildman–Crippen MR) is 145 cm³/mol. The summed E-state index contributed by atoms with van der Waals surface area (Å²) in [5.74, 6) is -0.427. The van der Waals surface area contributed by atoms with E-state index in [0.717, 1.165) is 12.0 Å². The Morgan fingerprint density at radius 1 is 0.895 bits per heavy atom. The third kappa shape index (κ3) is 6.23. The minimum absolute atomic E-state index is 0.0419. The third-order valence-corrected chi connectivity index (χ3v) is 6.29. The molecule has 7 nitrogen and oxygen atoms in total. The average Bonchev–Trinajstić information content (AvgIpc) is 3.20. The summed E-state index contributed by atoms with van der Waals surface area (Å²) in [6.45, 7) is 3.65. The van der Waals surface area contributed by atoms with Gasteiger partial charge in [0.2, 0.25) is 0 Å².